The maximum absolute atomic E-state index is 12.3. The van der Waals surface area contributed by atoms with E-state index in [0.717, 1.165) is 11.1 Å². The summed E-state index contributed by atoms with van der Waals surface area (Å²) in [5, 5.41) is 2.77. The lowest BCUT2D eigenvalue weighted by Crippen LogP contribution is -2.40. The van der Waals surface area contributed by atoms with Gasteiger partial charge in [-0.15, -0.1) is 0 Å². The van der Waals surface area contributed by atoms with E-state index in [1.54, 1.807) is 18.2 Å². The van der Waals surface area contributed by atoms with E-state index < -0.39 is 18.0 Å². The number of ether oxygens (including phenoxy) is 2. The van der Waals surface area contributed by atoms with E-state index in [2.05, 4.69) is 5.32 Å². The number of carbonyl (C=O) groups is 3. The van der Waals surface area contributed by atoms with Gasteiger partial charge in [0.15, 0.2) is 12.7 Å². The normalized spacial score (nSPS) is 13.9. The largest absolute Gasteiger partial charge is 0.482 e. The summed E-state index contributed by atoms with van der Waals surface area (Å²) in [7, 11) is 0. The highest BCUT2D eigenvalue weighted by Gasteiger charge is 2.26. The van der Waals surface area contributed by atoms with Gasteiger partial charge in [-0.05, 0) is 44.5 Å². The third-order valence-electron chi connectivity index (χ3n) is 4.67. The maximum Gasteiger partial charge on any atom is 0.308 e. The number of amides is 2. The van der Waals surface area contributed by atoms with Crippen LogP contribution in [0.25, 0.3) is 0 Å². The predicted octanol–water partition coefficient (Wildman–Crippen LogP) is 2.99. The van der Waals surface area contributed by atoms with Crippen LogP contribution in [0.5, 0.6) is 5.75 Å². The van der Waals surface area contributed by atoms with E-state index in [0.29, 0.717) is 17.1 Å². The summed E-state index contributed by atoms with van der Waals surface area (Å²) >= 11 is 0. The zero-order valence-corrected chi connectivity index (χ0v) is 16.7. The Labute approximate surface area is 169 Å². The molecule has 1 aliphatic heterocycles. The summed E-state index contributed by atoms with van der Waals surface area (Å²) in [6, 6.07) is 12.8. The van der Waals surface area contributed by atoms with Crippen LogP contribution in [0.15, 0.2) is 42.5 Å². The number of hydrogen-bond donors (Lipinski definition) is 1. The van der Waals surface area contributed by atoms with Crippen LogP contribution >= 0.6 is 0 Å². The minimum absolute atomic E-state index is 0.0265. The molecular weight excluding hydrogens is 372 g/mol. The van der Waals surface area contributed by atoms with Gasteiger partial charge in [-0.25, -0.2) is 0 Å². The second kappa shape index (κ2) is 8.77. The molecule has 29 heavy (non-hydrogen) atoms. The average Bonchev–Trinajstić information content (AvgIpc) is 2.69. The number of nitrogens with one attached hydrogen (secondary N) is 1. The number of nitrogens with zero attached hydrogens (tertiary/aromatic N) is 1. The van der Waals surface area contributed by atoms with Crippen LogP contribution in [0.2, 0.25) is 0 Å². The number of aryl methyl sites for hydroxylation is 2. The first-order valence-electron chi connectivity index (χ1n) is 9.45. The molecule has 1 N–H and O–H groups in total. The number of esters is 1. The molecule has 0 spiro atoms. The number of anilines is 2. The number of hydrogen-bond acceptors (Lipinski definition) is 5. The number of carbonyl (C=O) groups excluding carboxylic acids is 3. The molecule has 0 aliphatic carbocycles. The molecule has 0 fully saturated rings. The summed E-state index contributed by atoms with van der Waals surface area (Å²) < 4.78 is 10.6. The van der Waals surface area contributed by atoms with E-state index in [1.807, 2.05) is 38.1 Å². The lowest BCUT2D eigenvalue weighted by atomic mass is 10.1. The van der Waals surface area contributed by atoms with Crippen molar-refractivity contribution in [1.82, 2.24) is 0 Å². The Kier molecular flexibility index (Phi) is 6.16. The zero-order valence-electron chi connectivity index (χ0n) is 16.7. The SMILES string of the molecule is Cc1ccc(NC(=O)C(C)OC(=O)CCN2C(=O)COc3ccccc32)c(C)c1. The minimum Gasteiger partial charge on any atom is -0.482 e. The van der Waals surface area contributed by atoms with E-state index >= 15 is 0 Å². The third kappa shape index (κ3) is 4.93. The van der Waals surface area contributed by atoms with Gasteiger partial charge in [0.25, 0.3) is 11.8 Å². The molecule has 1 heterocycles. The Morgan fingerprint density at radius 2 is 1.97 bits per heavy atom. The van der Waals surface area contributed by atoms with Gasteiger partial charge in [0.1, 0.15) is 5.75 Å². The first-order valence-corrected chi connectivity index (χ1v) is 9.45. The smallest absolute Gasteiger partial charge is 0.308 e. The van der Waals surface area contributed by atoms with Gasteiger partial charge < -0.3 is 19.7 Å². The van der Waals surface area contributed by atoms with Crippen molar-refractivity contribution in [2.75, 3.05) is 23.4 Å². The Balaban J connectivity index is 1.54. The molecule has 1 unspecified atom stereocenters. The molecule has 1 aliphatic rings. The second-order valence-electron chi connectivity index (χ2n) is 6.99. The summed E-state index contributed by atoms with van der Waals surface area (Å²) in [4.78, 5) is 38.2. The van der Waals surface area contributed by atoms with E-state index in [1.165, 1.54) is 11.8 Å². The van der Waals surface area contributed by atoms with Crippen LogP contribution in [0.3, 0.4) is 0 Å². The van der Waals surface area contributed by atoms with Gasteiger partial charge in [0, 0.05) is 12.2 Å². The molecule has 0 saturated carbocycles. The van der Waals surface area contributed by atoms with E-state index in [9.17, 15) is 14.4 Å². The molecule has 1 atom stereocenters. The fourth-order valence-corrected chi connectivity index (χ4v) is 3.10. The number of fused-ring (bicyclic) bond motifs is 1. The van der Waals surface area contributed by atoms with Gasteiger partial charge in [0.2, 0.25) is 0 Å². The molecule has 152 valence electrons. The molecule has 2 amide bonds. The Morgan fingerprint density at radius 1 is 1.21 bits per heavy atom. The van der Waals surface area contributed by atoms with Gasteiger partial charge in [-0.3, -0.25) is 14.4 Å². The van der Waals surface area contributed by atoms with Crippen molar-refractivity contribution in [3.05, 3.63) is 53.6 Å². The van der Waals surface area contributed by atoms with Crippen molar-refractivity contribution in [3.8, 4) is 5.75 Å². The zero-order chi connectivity index (χ0) is 21.0. The van der Waals surface area contributed by atoms with Gasteiger partial charge >= 0.3 is 5.97 Å². The monoisotopic (exact) mass is 396 g/mol. The molecular formula is C22H24N2O5. The third-order valence-corrected chi connectivity index (χ3v) is 4.67. The van der Waals surface area contributed by atoms with Crippen LogP contribution < -0.4 is 15.0 Å². The molecule has 2 aromatic rings. The van der Waals surface area contributed by atoms with Gasteiger partial charge in [-0.1, -0.05) is 29.8 Å². The molecule has 2 aromatic carbocycles. The van der Waals surface area contributed by atoms with E-state index in [4.69, 9.17) is 9.47 Å². The highest BCUT2D eigenvalue weighted by Crippen LogP contribution is 2.31. The molecule has 0 saturated heterocycles. The van der Waals surface area contributed by atoms with Crippen LogP contribution in [-0.4, -0.2) is 37.0 Å². The van der Waals surface area contributed by atoms with Crippen LogP contribution in [0, 0.1) is 13.8 Å². The molecule has 0 aromatic heterocycles. The number of para-hydroxylation sites is 2. The van der Waals surface area contributed by atoms with Crippen molar-refractivity contribution in [1.29, 1.82) is 0 Å². The van der Waals surface area contributed by atoms with Gasteiger partial charge in [-0.2, -0.15) is 0 Å². The van der Waals surface area contributed by atoms with Crippen molar-refractivity contribution in [2.24, 2.45) is 0 Å². The van der Waals surface area contributed by atoms with Crippen molar-refractivity contribution >= 4 is 29.2 Å². The summed E-state index contributed by atoms with van der Waals surface area (Å²) in [5.74, 6) is -0.582. The first kappa shape index (κ1) is 20.4. The Morgan fingerprint density at radius 3 is 2.72 bits per heavy atom. The highest BCUT2D eigenvalue weighted by molar-refractivity contribution is 5.98. The minimum atomic E-state index is -0.948. The fourth-order valence-electron chi connectivity index (χ4n) is 3.10. The Bertz CT molecular complexity index is 941. The standard InChI is InChI=1S/C22H24N2O5/c1-14-8-9-17(15(2)12-14)23-22(27)16(3)29-21(26)10-11-24-18-6-4-5-7-19(18)28-13-20(24)25/h4-9,12,16H,10-11,13H2,1-3H3,(H,23,27). The quantitative estimate of drug-likeness (QED) is 0.759. The lowest BCUT2D eigenvalue weighted by Gasteiger charge is -2.29. The highest BCUT2D eigenvalue weighted by atomic mass is 16.5. The first-order chi connectivity index (χ1) is 13.8. The average molecular weight is 396 g/mol. The molecule has 7 heteroatoms. The summed E-state index contributed by atoms with van der Waals surface area (Å²) in [6.45, 7) is 5.48. The van der Waals surface area contributed by atoms with Crippen LogP contribution in [0.1, 0.15) is 24.5 Å². The lowest BCUT2D eigenvalue weighted by molar-refractivity contribution is -0.153. The van der Waals surface area contributed by atoms with Crippen LogP contribution in [-0.2, 0) is 19.1 Å². The van der Waals surface area contributed by atoms with Crippen molar-refractivity contribution in [3.63, 3.8) is 0 Å². The van der Waals surface area contributed by atoms with Crippen molar-refractivity contribution < 1.29 is 23.9 Å². The second-order valence-corrected chi connectivity index (χ2v) is 6.99. The molecule has 0 radical (unpaired) electrons. The number of rotatable bonds is 6. The molecule has 3 rings (SSSR count). The topological polar surface area (TPSA) is 84.9 Å². The van der Waals surface area contributed by atoms with Gasteiger partial charge in [0.05, 0.1) is 12.1 Å². The predicted molar refractivity (Wildman–Crippen MR) is 109 cm³/mol. The molecule has 7 nitrogen and oxygen atoms in total. The maximum atomic E-state index is 12.3. The Hall–Kier alpha value is -3.35. The fraction of sp³-hybridized carbons (Fsp3) is 0.318. The number of benzene rings is 2. The van der Waals surface area contributed by atoms with Crippen LogP contribution in [0.4, 0.5) is 11.4 Å². The van der Waals surface area contributed by atoms with Crippen molar-refractivity contribution in [2.45, 2.75) is 33.3 Å². The summed E-state index contributed by atoms with van der Waals surface area (Å²) in [5.41, 5.74) is 3.33. The van der Waals surface area contributed by atoms with E-state index in [-0.39, 0.29) is 25.5 Å². The molecule has 0 bridgehead atoms. The summed E-state index contributed by atoms with van der Waals surface area (Å²) in [6.07, 6.45) is -0.975.